The normalized spacial score (nSPS) is 9.15. The number of hydrogen-bond acceptors (Lipinski definition) is 5. The Balaban J connectivity index is 2.69. The van der Waals surface area contributed by atoms with Gasteiger partial charge in [0.15, 0.2) is 0 Å². The monoisotopic (exact) mass is 197 g/mol. The van der Waals surface area contributed by atoms with Crippen molar-refractivity contribution in [2.45, 2.75) is 0 Å². The molecule has 0 radical (unpaired) electrons. The molecule has 1 rings (SSSR count). The molecule has 1 heterocycles. The number of carbonyl (C=O) groups is 1. The molecule has 0 aromatic carbocycles. The molecule has 68 valence electrons. The van der Waals surface area contributed by atoms with Crippen LogP contribution < -0.4 is 4.90 Å². The molecule has 0 unspecified atom stereocenters. The Labute approximate surface area is 79.2 Å². The maximum Gasteiger partial charge on any atom is 0.323 e. The van der Waals surface area contributed by atoms with E-state index in [9.17, 15) is 4.79 Å². The molecule has 0 saturated carbocycles. The van der Waals surface area contributed by atoms with Crippen LogP contribution in [0.4, 0.5) is 5.13 Å². The second-order valence-corrected chi connectivity index (χ2v) is 2.94. The van der Waals surface area contributed by atoms with Crippen LogP contribution in [0.1, 0.15) is 0 Å². The van der Waals surface area contributed by atoms with Crippen LogP contribution in [0.15, 0.2) is 6.33 Å². The predicted molar refractivity (Wildman–Crippen MR) is 48.6 cm³/mol. The summed E-state index contributed by atoms with van der Waals surface area (Å²) >= 11 is 1.12. The third kappa shape index (κ3) is 2.72. The van der Waals surface area contributed by atoms with E-state index in [4.69, 9.17) is 11.5 Å². The number of aromatic nitrogens is 2. The third-order valence-electron chi connectivity index (χ3n) is 1.23. The smallest absolute Gasteiger partial charge is 0.323 e. The van der Waals surface area contributed by atoms with Gasteiger partial charge < -0.3 is 10.0 Å². The van der Waals surface area contributed by atoms with Crippen molar-refractivity contribution in [3.8, 4) is 12.3 Å². The van der Waals surface area contributed by atoms with E-state index in [0.29, 0.717) is 5.13 Å². The zero-order valence-electron chi connectivity index (χ0n) is 6.67. The Morgan fingerprint density at radius 1 is 1.85 bits per heavy atom. The van der Waals surface area contributed by atoms with Gasteiger partial charge in [-0.2, -0.15) is 4.37 Å². The lowest BCUT2D eigenvalue weighted by molar-refractivity contribution is -0.135. The fourth-order valence-electron chi connectivity index (χ4n) is 0.771. The van der Waals surface area contributed by atoms with Crippen molar-refractivity contribution >= 4 is 22.6 Å². The van der Waals surface area contributed by atoms with Crippen molar-refractivity contribution in [3.63, 3.8) is 0 Å². The van der Waals surface area contributed by atoms with Gasteiger partial charge in [0.25, 0.3) is 0 Å². The summed E-state index contributed by atoms with van der Waals surface area (Å²) in [6.07, 6.45) is 6.45. The Morgan fingerprint density at radius 2 is 2.62 bits per heavy atom. The minimum atomic E-state index is -0.939. The number of terminal acetylenes is 1. The molecule has 0 aliphatic heterocycles. The number of carboxylic acid groups (broad SMARTS) is 1. The fraction of sp³-hybridized carbons (Fsp3) is 0.286. The number of carboxylic acids is 1. The zero-order chi connectivity index (χ0) is 9.68. The molecule has 1 aromatic rings. The van der Waals surface area contributed by atoms with Crippen LogP contribution in [0.5, 0.6) is 0 Å². The van der Waals surface area contributed by atoms with E-state index in [1.807, 2.05) is 0 Å². The second kappa shape index (κ2) is 4.42. The van der Waals surface area contributed by atoms with Crippen molar-refractivity contribution in [2.24, 2.45) is 0 Å². The summed E-state index contributed by atoms with van der Waals surface area (Å²) < 4.78 is 3.76. The van der Waals surface area contributed by atoms with Gasteiger partial charge in [-0.25, -0.2) is 4.98 Å². The van der Waals surface area contributed by atoms with E-state index in [2.05, 4.69) is 15.3 Å². The molecular weight excluding hydrogens is 190 g/mol. The maximum atomic E-state index is 10.4. The highest BCUT2D eigenvalue weighted by molar-refractivity contribution is 7.09. The third-order valence-corrected chi connectivity index (χ3v) is 1.96. The van der Waals surface area contributed by atoms with Crippen molar-refractivity contribution in [1.82, 2.24) is 9.36 Å². The first-order valence-corrected chi connectivity index (χ1v) is 4.18. The quantitative estimate of drug-likeness (QED) is 0.691. The van der Waals surface area contributed by atoms with Crippen LogP contribution in [0.25, 0.3) is 0 Å². The molecule has 0 spiro atoms. The highest BCUT2D eigenvalue weighted by Gasteiger charge is 2.11. The fourth-order valence-corrected chi connectivity index (χ4v) is 1.30. The first-order valence-electron chi connectivity index (χ1n) is 3.41. The van der Waals surface area contributed by atoms with E-state index in [1.54, 1.807) is 0 Å². The maximum absolute atomic E-state index is 10.4. The van der Waals surface area contributed by atoms with E-state index >= 15 is 0 Å². The van der Waals surface area contributed by atoms with Crippen LogP contribution in [-0.4, -0.2) is 33.5 Å². The van der Waals surface area contributed by atoms with E-state index in [1.165, 1.54) is 11.2 Å². The lowest BCUT2D eigenvalue weighted by atomic mass is 10.5. The number of rotatable bonds is 4. The lowest BCUT2D eigenvalue weighted by Gasteiger charge is -2.14. The average Bonchev–Trinajstić information content (AvgIpc) is 2.54. The minimum Gasteiger partial charge on any atom is -0.480 e. The van der Waals surface area contributed by atoms with Crippen molar-refractivity contribution in [1.29, 1.82) is 0 Å². The van der Waals surface area contributed by atoms with E-state index in [-0.39, 0.29) is 13.1 Å². The number of hydrogen-bond donors (Lipinski definition) is 1. The van der Waals surface area contributed by atoms with Crippen LogP contribution in [0, 0.1) is 12.3 Å². The summed E-state index contributed by atoms with van der Waals surface area (Å²) in [5.74, 6) is 1.42. The number of nitrogens with zero attached hydrogens (tertiary/aromatic N) is 3. The molecule has 0 aliphatic carbocycles. The van der Waals surface area contributed by atoms with Crippen LogP contribution in [0.2, 0.25) is 0 Å². The zero-order valence-corrected chi connectivity index (χ0v) is 7.49. The van der Waals surface area contributed by atoms with Crippen molar-refractivity contribution in [2.75, 3.05) is 18.0 Å². The molecule has 1 aromatic heterocycles. The summed E-state index contributed by atoms with van der Waals surface area (Å²) in [5, 5.41) is 9.08. The van der Waals surface area contributed by atoms with Crippen LogP contribution in [0.3, 0.4) is 0 Å². The first kappa shape index (κ1) is 9.48. The van der Waals surface area contributed by atoms with Gasteiger partial charge in [0.2, 0.25) is 5.13 Å². The Kier molecular flexibility index (Phi) is 3.23. The van der Waals surface area contributed by atoms with Gasteiger partial charge in [0.1, 0.15) is 12.9 Å². The largest absolute Gasteiger partial charge is 0.480 e. The van der Waals surface area contributed by atoms with E-state index in [0.717, 1.165) is 11.5 Å². The average molecular weight is 197 g/mol. The molecule has 0 bridgehead atoms. The molecule has 0 fully saturated rings. The molecular formula is C7H7N3O2S. The van der Waals surface area contributed by atoms with Gasteiger partial charge in [-0.15, -0.1) is 6.42 Å². The standard InChI is InChI=1S/C7H7N3O2S/c1-2-3-10(4-6(11)12)7-8-5-9-13-7/h1,5H,3-4H2,(H,11,12). The van der Waals surface area contributed by atoms with Gasteiger partial charge >= 0.3 is 5.97 Å². The Hall–Kier alpha value is -1.61. The first-order chi connectivity index (χ1) is 6.24. The molecule has 13 heavy (non-hydrogen) atoms. The highest BCUT2D eigenvalue weighted by atomic mass is 32.1. The molecule has 0 atom stereocenters. The predicted octanol–water partition coefficient (Wildman–Crippen LogP) is 0.0623. The highest BCUT2D eigenvalue weighted by Crippen LogP contribution is 2.13. The SMILES string of the molecule is C#CCN(CC(=O)O)c1ncns1. The van der Waals surface area contributed by atoms with Crippen LogP contribution in [-0.2, 0) is 4.79 Å². The summed E-state index contributed by atoms with van der Waals surface area (Å²) in [4.78, 5) is 15.8. The molecule has 0 aliphatic rings. The molecule has 6 heteroatoms. The van der Waals surface area contributed by atoms with Gasteiger partial charge in [-0.1, -0.05) is 5.92 Å². The molecule has 0 saturated heterocycles. The number of aliphatic carboxylic acids is 1. The summed E-state index contributed by atoms with van der Waals surface area (Å²) in [5.41, 5.74) is 0. The molecule has 1 N–H and O–H groups in total. The van der Waals surface area contributed by atoms with Crippen LogP contribution >= 0.6 is 11.5 Å². The molecule has 5 nitrogen and oxygen atoms in total. The van der Waals surface area contributed by atoms with Gasteiger partial charge in [-0.05, 0) is 0 Å². The van der Waals surface area contributed by atoms with Crippen molar-refractivity contribution < 1.29 is 9.90 Å². The summed E-state index contributed by atoms with van der Waals surface area (Å²) in [6.45, 7) is 0.0703. The summed E-state index contributed by atoms with van der Waals surface area (Å²) in [7, 11) is 0. The lowest BCUT2D eigenvalue weighted by Crippen LogP contribution is -2.29. The Bertz CT molecular complexity index is 317. The van der Waals surface area contributed by atoms with Gasteiger partial charge in [0.05, 0.1) is 6.54 Å². The van der Waals surface area contributed by atoms with E-state index < -0.39 is 5.97 Å². The minimum absolute atomic E-state index is 0.153. The van der Waals surface area contributed by atoms with Crippen molar-refractivity contribution in [3.05, 3.63) is 6.33 Å². The van der Waals surface area contributed by atoms with Gasteiger partial charge in [-0.3, -0.25) is 4.79 Å². The number of anilines is 1. The second-order valence-electron chi connectivity index (χ2n) is 2.18. The Morgan fingerprint density at radius 3 is 3.08 bits per heavy atom. The van der Waals surface area contributed by atoms with Gasteiger partial charge in [0, 0.05) is 11.5 Å². The molecule has 0 amide bonds. The summed E-state index contributed by atoms with van der Waals surface area (Å²) in [6, 6.07) is 0. The topological polar surface area (TPSA) is 66.3 Å².